The van der Waals surface area contributed by atoms with E-state index < -0.39 is 6.09 Å². The van der Waals surface area contributed by atoms with Gasteiger partial charge in [0.1, 0.15) is 0 Å². The van der Waals surface area contributed by atoms with Crippen LogP contribution in [0.15, 0.2) is 36.7 Å². The minimum atomic E-state index is -1.33. The molecule has 1 aliphatic rings. The fourth-order valence-corrected chi connectivity index (χ4v) is 0.406. The van der Waals surface area contributed by atoms with E-state index in [1.807, 2.05) is 36.7 Å². The Hall–Kier alpha value is -1.71. The summed E-state index contributed by atoms with van der Waals surface area (Å²) in [7, 11) is 0. The molecule has 0 bridgehead atoms. The molecular weight excluding hydrogens is 144 g/mol. The quantitative estimate of drug-likeness (QED) is 0.483. The number of hydrogen-bond donors (Lipinski definition) is 3. The lowest BCUT2D eigenvalue weighted by atomic mass is 10.5. The van der Waals surface area contributed by atoms with Gasteiger partial charge in [0.25, 0.3) is 0 Å². The minimum absolute atomic E-state index is 1.33. The van der Waals surface area contributed by atoms with Crippen molar-refractivity contribution < 1.29 is 9.90 Å². The molecule has 1 aliphatic heterocycles. The number of nitrogens with one attached hydrogen (secondary N) is 1. The average molecular weight is 154 g/mol. The summed E-state index contributed by atoms with van der Waals surface area (Å²) in [6, 6.07) is 0. The van der Waals surface area contributed by atoms with E-state index in [4.69, 9.17) is 9.90 Å². The summed E-state index contributed by atoms with van der Waals surface area (Å²) in [4.78, 5) is 8.78. The molecule has 0 spiro atoms. The van der Waals surface area contributed by atoms with Gasteiger partial charge in [-0.2, -0.15) is 0 Å². The number of nitrogens with two attached hydrogens (primary N) is 1. The summed E-state index contributed by atoms with van der Waals surface area (Å²) in [6.45, 7) is 0. The van der Waals surface area contributed by atoms with Crippen LogP contribution in [0, 0.1) is 0 Å². The molecule has 0 atom stereocenters. The molecule has 0 aromatic carbocycles. The lowest BCUT2D eigenvalue weighted by molar-refractivity contribution is 0.205. The zero-order chi connectivity index (χ0) is 8.53. The number of allylic oxidation sites excluding steroid dienone is 4. The Kier molecular flexibility index (Phi) is 5.41. The molecule has 0 aliphatic carbocycles. The number of carboxylic acid groups (broad SMARTS) is 1. The van der Waals surface area contributed by atoms with Crippen LogP contribution in [0.3, 0.4) is 0 Å². The number of amides is 1. The summed E-state index contributed by atoms with van der Waals surface area (Å²) >= 11 is 0. The third-order valence-corrected chi connectivity index (χ3v) is 0.718. The van der Waals surface area contributed by atoms with E-state index in [0.29, 0.717) is 0 Å². The van der Waals surface area contributed by atoms with E-state index in [0.717, 1.165) is 0 Å². The van der Waals surface area contributed by atoms with Crippen LogP contribution < -0.4 is 11.1 Å². The predicted molar refractivity (Wildman–Crippen MR) is 42.8 cm³/mol. The highest BCUT2D eigenvalue weighted by Crippen LogP contribution is 1.81. The van der Waals surface area contributed by atoms with Crippen molar-refractivity contribution >= 4 is 6.09 Å². The zero-order valence-electron chi connectivity index (χ0n) is 5.90. The van der Waals surface area contributed by atoms with Crippen molar-refractivity contribution in [3.63, 3.8) is 0 Å². The van der Waals surface area contributed by atoms with E-state index in [9.17, 15) is 0 Å². The zero-order valence-corrected chi connectivity index (χ0v) is 5.90. The first-order chi connectivity index (χ1) is 5.23. The maximum atomic E-state index is 8.78. The molecule has 60 valence electrons. The van der Waals surface area contributed by atoms with Gasteiger partial charge >= 0.3 is 6.09 Å². The van der Waals surface area contributed by atoms with Gasteiger partial charge in [0, 0.05) is 12.4 Å². The van der Waals surface area contributed by atoms with E-state index in [2.05, 4.69) is 11.1 Å². The highest BCUT2D eigenvalue weighted by molar-refractivity contribution is 5.61. The van der Waals surface area contributed by atoms with Crippen LogP contribution >= 0.6 is 0 Å². The van der Waals surface area contributed by atoms with Crippen LogP contribution in [-0.4, -0.2) is 11.2 Å². The summed E-state index contributed by atoms with van der Waals surface area (Å²) < 4.78 is 0. The van der Waals surface area contributed by atoms with Gasteiger partial charge in [-0.1, -0.05) is 12.2 Å². The molecule has 1 amide bonds. The Morgan fingerprint density at radius 1 is 1.18 bits per heavy atom. The number of primary amides is 1. The fourth-order valence-electron chi connectivity index (χ4n) is 0.406. The molecule has 0 unspecified atom stereocenters. The van der Waals surface area contributed by atoms with E-state index in [-0.39, 0.29) is 0 Å². The van der Waals surface area contributed by atoms with E-state index in [1.165, 1.54) is 0 Å². The first-order valence-electron chi connectivity index (χ1n) is 2.96. The molecule has 0 saturated carbocycles. The first-order valence-corrected chi connectivity index (χ1v) is 2.96. The largest absolute Gasteiger partial charge is 0.465 e. The molecule has 0 saturated heterocycles. The van der Waals surface area contributed by atoms with Gasteiger partial charge < -0.3 is 16.2 Å². The monoisotopic (exact) mass is 154 g/mol. The molecule has 1 heterocycles. The molecule has 0 radical (unpaired) electrons. The summed E-state index contributed by atoms with van der Waals surface area (Å²) in [5, 5.41) is 10.1. The Morgan fingerprint density at radius 3 is 1.91 bits per heavy atom. The van der Waals surface area contributed by atoms with Crippen molar-refractivity contribution in [3.8, 4) is 0 Å². The molecule has 11 heavy (non-hydrogen) atoms. The van der Waals surface area contributed by atoms with Crippen LogP contribution in [0.4, 0.5) is 4.79 Å². The van der Waals surface area contributed by atoms with Crippen LogP contribution in [0.1, 0.15) is 0 Å². The smallest absolute Gasteiger partial charge is 0.402 e. The third kappa shape index (κ3) is 11.7. The second kappa shape index (κ2) is 6.41. The Balaban J connectivity index is 0.000000218. The van der Waals surface area contributed by atoms with Gasteiger partial charge in [-0.15, -0.1) is 0 Å². The van der Waals surface area contributed by atoms with Crippen molar-refractivity contribution in [2.45, 2.75) is 0 Å². The number of rotatable bonds is 0. The minimum Gasteiger partial charge on any atom is -0.465 e. The first kappa shape index (κ1) is 9.29. The van der Waals surface area contributed by atoms with Gasteiger partial charge in [-0.25, -0.2) is 4.79 Å². The van der Waals surface area contributed by atoms with Gasteiger partial charge in [0.05, 0.1) is 0 Å². The van der Waals surface area contributed by atoms with Crippen molar-refractivity contribution in [1.82, 2.24) is 5.32 Å². The fraction of sp³-hybridized carbons (Fsp3) is 0. The lowest BCUT2D eigenvalue weighted by Crippen LogP contribution is -2.03. The molecule has 0 aromatic heterocycles. The second-order valence-electron chi connectivity index (χ2n) is 1.61. The highest BCUT2D eigenvalue weighted by atomic mass is 16.4. The standard InChI is InChI=1S/C6H7N.CH3NO2/c1-2-4-6-7-5-3-1;2-1(3)4/h1-7H;2H2,(H,3,4). The maximum Gasteiger partial charge on any atom is 0.402 e. The Labute approximate surface area is 64.7 Å². The Morgan fingerprint density at radius 2 is 1.55 bits per heavy atom. The topological polar surface area (TPSA) is 75.3 Å². The number of hydrogen-bond acceptors (Lipinski definition) is 2. The predicted octanol–water partition coefficient (Wildman–Crippen LogP) is 0.796. The van der Waals surface area contributed by atoms with Crippen molar-refractivity contribution in [3.05, 3.63) is 36.7 Å². The molecule has 4 nitrogen and oxygen atoms in total. The summed E-state index contributed by atoms with van der Waals surface area (Å²) in [5.74, 6) is 0. The van der Waals surface area contributed by atoms with Crippen LogP contribution in [-0.2, 0) is 0 Å². The SMILES string of the molecule is C1=CC=CNC=C1.NC(=O)O. The third-order valence-electron chi connectivity index (χ3n) is 0.718. The van der Waals surface area contributed by atoms with Crippen molar-refractivity contribution in [1.29, 1.82) is 0 Å². The van der Waals surface area contributed by atoms with Gasteiger partial charge in [0.2, 0.25) is 0 Å². The molecule has 0 aromatic rings. The van der Waals surface area contributed by atoms with Crippen molar-refractivity contribution in [2.24, 2.45) is 5.73 Å². The van der Waals surface area contributed by atoms with E-state index >= 15 is 0 Å². The van der Waals surface area contributed by atoms with Gasteiger partial charge in [-0.3, -0.25) is 0 Å². The average Bonchev–Trinajstić information content (AvgIpc) is 2.13. The maximum absolute atomic E-state index is 8.78. The molecule has 4 N–H and O–H groups in total. The normalized spacial score (nSPS) is 12.4. The second-order valence-corrected chi connectivity index (χ2v) is 1.61. The highest BCUT2D eigenvalue weighted by Gasteiger charge is 1.67. The van der Waals surface area contributed by atoms with Crippen molar-refractivity contribution in [2.75, 3.05) is 0 Å². The van der Waals surface area contributed by atoms with Gasteiger partial charge in [-0.05, 0) is 12.2 Å². The summed E-state index contributed by atoms with van der Waals surface area (Å²) in [5.41, 5.74) is 4.03. The molecule has 0 fully saturated rings. The van der Waals surface area contributed by atoms with E-state index in [1.54, 1.807) is 0 Å². The molecule has 4 heteroatoms. The van der Waals surface area contributed by atoms with Crippen LogP contribution in [0.25, 0.3) is 0 Å². The summed E-state index contributed by atoms with van der Waals surface area (Å²) in [6.07, 6.45) is 10.2. The molecule has 1 rings (SSSR count). The molecular formula is C7H10N2O2. The lowest BCUT2D eigenvalue weighted by Gasteiger charge is -1.79. The van der Waals surface area contributed by atoms with Crippen LogP contribution in [0.2, 0.25) is 0 Å². The van der Waals surface area contributed by atoms with Gasteiger partial charge in [0.15, 0.2) is 0 Å². The van der Waals surface area contributed by atoms with Crippen LogP contribution in [0.5, 0.6) is 0 Å². The Bertz CT molecular complexity index is 177. The number of carbonyl (C=O) groups is 1.